The summed E-state index contributed by atoms with van der Waals surface area (Å²) in [7, 11) is 0. The van der Waals surface area contributed by atoms with Crippen molar-refractivity contribution in [3.8, 4) is 0 Å². The van der Waals surface area contributed by atoms with Crippen molar-refractivity contribution in [3.63, 3.8) is 0 Å². The van der Waals surface area contributed by atoms with E-state index in [9.17, 15) is 0 Å². The van der Waals surface area contributed by atoms with Gasteiger partial charge in [0.1, 0.15) is 23.2 Å². The van der Waals surface area contributed by atoms with Gasteiger partial charge in [0.05, 0.1) is 12.5 Å². The Morgan fingerprint density at radius 1 is 1.10 bits per heavy atom. The number of hydrogen-bond donors (Lipinski definition) is 1. The van der Waals surface area contributed by atoms with Gasteiger partial charge >= 0.3 is 0 Å². The number of aromatic nitrogens is 2. The van der Waals surface area contributed by atoms with Gasteiger partial charge in [-0.05, 0) is 24.3 Å². The molecule has 0 fully saturated rings. The van der Waals surface area contributed by atoms with Crippen molar-refractivity contribution in [2.45, 2.75) is 0 Å². The maximum absolute atomic E-state index is 5.79. The van der Waals surface area contributed by atoms with Crippen LogP contribution < -0.4 is 5.43 Å². The highest BCUT2D eigenvalue weighted by molar-refractivity contribution is 6.05. The molecule has 4 aromatic rings. The molecule has 102 valence electrons. The van der Waals surface area contributed by atoms with E-state index in [1.807, 2.05) is 30.3 Å². The van der Waals surface area contributed by atoms with Gasteiger partial charge in [-0.3, -0.25) is 5.43 Å². The molecule has 0 atom stereocenters. The Balaban J connectivity index is 1.75. The SMILES string of the molecule is C(=N/Nc1ncnc2c1oc1ccccc12)/c1ccco1. The third-order valence-corrected chi connectivity index (χ3v) is 3.06. The van der Waals surface area contributed by atoms with Crippen molar-refractivity contribution in [1.29, 1.82) is 0 Å². The standard InChI is InChI=1S/C15H10N4O2/c1-2-6-12-11(5-1)13-14(21-12)15(17-9-16-13)19-18-8-10-4-3-7-20-10/h1-9H,(H,16,17,19)/b18-8-. The Kier molecular flexibility index (Phi) is 2.64. The topological polar surface area (TPSA) is 76.5 Å². The van der Waals surface area contributed by atoms with E-state index in [1.165, 1.54) is 6.33 Å². The molecule has 0 radical (unpaired) electrons. The van der Waals surface area contributed by atoms with Crippen molar-refractivity contribution >= 4 is 34.1 Å². The van der Waals surface area contributed by atoms with Crippen LogP contribution in [0.15, 0.2) is 62.9 Å². The van der Waals surface area contributed by atoms with E-state index in [2.05, 4.69) is 20.5 Å². The minimum Gasteiger partial charge on any atom is -0.463 e. The molecule has 0 aliphatic rings. The van der Waals surface area contributed by atoms with Crippen LogP contribution in [0.5, 0.6) is 0 Å². The van der Waals surface area contributed by atoms with E-state index in [4.69, 9.17) is 8.83 Å². The summed E-state index contributed by atoms with van der Waals surface area (Å²) in [6, 6.07) is 11.3. The van der Waals surface area contributed by atoms with Crippen molar-refractivity contribution in [3.05, 3.63) is 54.7 Å². The summed E-state index contributed by atoms with van der Waals surface area (Å²) in [4.78, 5) is 8.43. The number of para-hydroxylation sites is 1. The third-order valence-electron chi connectivity index (χ3n) is 3.06. The van der Waals surface area contributed by atoms with Crippen LogP contribution in [0.25, 0.3) is 22.1 Å². The second-order valence-electron chi connectivity index (χ2n) is 4.38. The van der Waals surface area contributed by atoms with Crippen LogP contribution in [0.4, 0.5) is 5.82 Å². The number of nitrogens with one attached hydrogen (secondary N) is 1. The summed E-state index contributed by atoms with van der Waals surface area (Å²) in [5.74, 6) is 1.16. The normalized spacial score (nSPS) is 11.6. The summed E-state index contributed by atoms with van der Waals surface area (Å²) >= 11 is 0. The largest absolute Gasteiger partial charge is 0.463 e. The zero-order valence-corrected chi connectivity index (χ0v) is 10.9. The zero-order chi connectivity index (χ0) is 14.1. The molecule has 21 heavy (non-hydrogen) atoms. The number of rotatable bonds is 3. The van der Waals surface area contributed by atoms with Gasteiger partial charge in [-0.1, -0.05) is 12.1 Å². The number of fused-ring (bicyclic) bond motifs is 3. The Bertz CT molecular complexity index is 925. The van der Waals surface area contributed by atoms with Gasteiger partial charge in [-0.2, -0.15) is 5.10 Å². The second-order valence-corrected chi connectivity index (χ2v) is 4.38. The average Bonchev–Trinajstić information content (AvgIpc) is 3.15. The highest BCUT2D eigenvalue weighted by atomic mass is 16.3. The predicted octanol–water partition coefficient (Wildman–Crippen LogP) is 3.42. The lowest BCUT2D eigenvalue weighted by Gasteiger charge is -1.98. The van der Waals surface area contributed by atoms with E-state index < -0.39 is 0 Å². The lowest BCUT2D eigenvalue weighted by atomic mass is 10.2. The Morgan fingerprint density at radius 2 is 2.05 bits per heavy atom. The highest BCUT2D eigenvalue weighted by Gasteiger charge is 2.11. The van der Waals surface area contributed by atoms with Crippen LogP contribution in [-0.2, 0) is 0 Å². The van der Waals surface area contributed by atoms with Crippen LogP contribution in [0.2, 0.25) is 0 Å². The number of hydrazone groups is 1. The highest BCUT2D eigenvalue weighted by Crippen LogP contribution is 2.30. The van der Waals surface area contributed by atoms with Gasteiger partial charge in [0.2, 0.25) is 0 Å². The van der Waals surface area contributed by atoms with Gasteiger partial charge in [0, 0.05) is 5.39 Å². The molecule has 1 N–H and O–H groups in total. The van der Waals surface area contributed by atoms with Crippen LogP contribution in [0.3, 0.4) is 0 Å². The summed E-state index contributed by atoms with van der Waals surface area (Å²) in [6.07, 6.45) is 4.63. The van der Waals surface area contributed by atoms with Gasteiger partial charge in [-0.15, -0.1) is 0 Å². The van der Waals surface area contributed by atoms with Crippen molar-refractivity contribution in [1.82, 2.24) is 9.97 Å². The van der Waals surface area contributed by atoms with E-state index in [1.54, 1.807) is 18.5 Å². The van der Waals surface area contributed by atoms with Crippen LogP contribution >= 0.6 is 0 Å². The maximum Gasteiger partial charge on any atom is 0.197 e. The predicted molar refractivity (Wildman–Crippen MR) is 79.2 cm³/mol. The van der Waals surface area contributed by atoms with Gasteiger partial charge in [-0.25, -0.2) is 9.97 Å². The third kappa shape index (κ3) is 2.02. The fourth-order valence-electron chi connectivity index (χ4n) is 2.12. The van der Waals surface area contributed by atoms with E-state index in [0.29, 0.717) is 17.2 Å². The molecule has 0 amide bonds. The Hall–Kier alpha value is -3.15. The van der Waals surface area contributed by atoms with Crippen LogP contribution in [0.1, 0.15) is 5.76 Å². The fraction of sp³-hybridized carbons (Fsp3) is 0. The molecule has 0 bridgehead atoms. The molecule has 0 saturated heterocycles. The Labute approximate surface area is 119 Å². The quantitative estimate of drug-likeness (QED) is 0.459. The number of nitrogens with zero attached hydrogens (tertiary/aromatic N) is 3. The maximum atomic E-state index is 5.79. The second kappa shape index (κ2) is 4.75. The summed E-state index contributed by atoms with van der Waals surface area (Å²) < 4.78 is 10.9. The lowest BCUT2D eigenvalue weighted by Crippen LogP contribution is -1.94. The summed E-state index contributed by atoms with van der Waals surface area (Å²) in [5, 5.41) is 5.04. The first-order valence-electron chi connectivity index (χ1n) is 6.36. The van der Waals surface area contributed by atoms with E-state index in [0.717, 1.165) is 16.5 Å². The Morgan fingerprint density at radius 3 is 2.95 bits per heavy atom. The molecule has 0 unspecified atom stereocenters. The minimum atomic E-state index is 0.513. The molecule has 6 nitrogen and oxygen atoms in total. The summed E-state index contributed by atoms with van der Waals surface area (Å²) in [6.45, 7) is 0. The first-order chi connectivity index (χ1) is 10.4. The van der Waals surface area contributed by atoms with Gasteiger partial charge < -0.3 is 8.83 Å². The van der Waals surface area contributed by atoms with Crippen molar-refractivity contribution in [2.24, 2.45) is 5.10 Å². The lowest BCUT2D eigenvalue weighted by molar-refractivity contribution is 0.560. The number of anilines is 1. The molecule has 0 saturated carbocycles. The monoisotopic (exact) mass is 278 g/mol. The smallest absolute Gasteiger partial charge is 0.197 e. The number of hydrogen-bond acceptors (Lipinski definition) is 6. The fourth-order valence-corrected chi connectivity index (χ4v) is 2.12. The number of benzene rings is 1. The zero-order valence-electron chi connectivity index (χ0n) is 10.9. The molecule has 1 aromatic carbocycles. The molecule has 0 spiro atoms. The first-order valence-corrected chi connectivity index (χ1v) is 6.36. The molecule has 4 rings (SSSR count). The summed E-state index contributed by atoms with van der Waals surface area (Å²) in [5.41, 5.74) is 4.96. The van der Waals surface area contributed by atoms with E-state index in [-0.39, 0.29) is 0 Å². The van der Waals surface area contributed by atoms with Crippen LogP contribution in [-0.4, -0.2) is 16.2 Å². The average molecular weight is 278 g/mol. The van der Waals surface area contributed by atoms with E-state index >= 15 is 0 Å². The molecule has 6 heteroatoms. The molecule has 0 aliphatic carbocycles. The molecule has 0 aliphatic heterocycles. The number of furan rings is 2. The molecular formula is C15H10N4O2. The minimum absolute atomic E-state index is 0.513. The van der Waals surface area contributed by atoms with Gasteiger partial charge in [0.15, 0.2) is 11.4 Å². The molecular weight excluding hydrogens is 268 g/mol. The van der Waals surface area contributed by atoms with Crippen molar-refractivity contribution < 1.29 is 8.83 Å². The molecule has 3 aromatic heterocycles. The molecule has 3 heterocycles. The van der Waals surface area contributed by atoms with Gasteiger partial charge in [0.25, 0.3) is 0 Å². The first kappa shape index (κ1) is 11.7. The van der Waals surface area contributed by atoms with Crippen LogP contribution in [0, 0.1) is 0 Å². The van der Waals surface area contributed by atoms with Crippen molar-refractivity contribution in [2.75, 3.05) is 5.43 Å².